The zero-order valence-corrected chi connectivity index (χ0v) is 58.3. The molecule has 3 saturated heterocycles. The third kappa shape index (κ3) is 18.4. The molecule has 5 aliphatic heterocycles. The van der Waals surface area contributed by atoms with Gasteiger partial charge in [0, 0.05) is 62.7 Å². The molecule has 6 amide bonds. The first kappa shape index (κ1) is 77.1. The number of anilines is 3. The van der Waals surface area contributed by atoms with Crippen molar-refractivity contribution in [1.29, 1.82) is 0 Å². The molecule has 2 unspecified atom stereocenters. The molecule has 3 fully saturated rings. The largest absolute Gasteiger partial charge is 0.493 e. The summed E-state index contributed by atoms with van der Waals surface area (Å²) in [5.41, 5.74) is 3.33. The van der Waals surface area contributed by atoms with Crippen LogP contribution in [0.5, 0.6) is 23.0 Å². The van der Waals surface area contributed by atoms with E-state index in [0.29, 0.717) is 65.1 Å². The normalized spacial score (nSPS) is 21.4. The van der Waals surface area contributed by atoms with E-state index in [9.17, 15) is 63.9 Å². The third-order valence-corrected chi connectivity index (χ3v) is 18.3. The summed E-state index contributed by atoms with van der Waals surface area (Å²) < 4.78 is 46.6. The van der Waals surface area contributed by atoms with E-state index in [1.165, 1.54) is 53.3 Å². The highest BCUT2D eigenvalue weighted by Crippen LogP contribution is 2.44. The van der Waals surface area contributed by atoms with E-state index < -0.39 is 103 Å². The monoisotopic (exact) mass is 1420 g/mol. The lowest BCUT2D eigenvalue weighted by Crippen LogP contribution is -2.54. The van der Waals surface area contributed by atoms with Crippen molar-refractivity contribution < 1.29 is 107 Å². The number of benzene rings is 4. The number of nitrogens with two attached hydrogens (primary N) is 1. The lowest BCUT2D eigenvalue weighted by molar-refractivity contribution is -0.242. The maximum absolute atomic E-state index is 14.4. The van der Waals surface area contributed by atoms with Gasteiger partial charge in [-0.05, 0) is 111 Å². The van der Waals surface area contributed by atoms with Gasteiger partial charge in [-0.2, -0.15) is 0 Å². The highest BCUT2D eigenvalue weighted by Gasteiger charge is 2.49. The van der Waals surface area contributed by atoms with Gasteiger partial charge in [0.1, 0.15) is 43.0 Å². The topological polar surface area (TPSA) is 384 Å². The molecular formula is C73H93N7O22. The fourth-order valence-corrected chi connectivity index (χ4v) is 12.7. The number of ether oxygens (including phenoxy) is 8. The van der Waals surface area contributed by atoms with Crippen LogP contribution in [0.3, 0.4) is 0 Å². The Balaban J connectivity index is 0.824. The first-order chi connectivity index (χ1) is 48.8. The SMILES string of the molecule is C=C1C[C@H]2C(O)N(C(=O)OCc3ccc(O[C@@H]4OC[C@@H](O)[C@H](O)[C@H]4O)c(C(=O)CCCON)c3)c3cc(OCCCCCOc4cc5c(cc4OC)C(=O)N4CC(=C)C[C@H]4C(O)N5C(=O)OCc4ccc(NC(=O)[C@H](C)CC(=O)[C@@H](NC(=O)CCOCCC)C(C)C)cc4)c(C)cc3C(=O)N2C1. The molecule has 0 aromatic heterocycles. The summed E-state index contributed by atoms with van der Waals surface area (Å²) in [4.78, 5) is 120. The molecular weight excluding hydrogens is 1330 g/mol. The molecule has 29 heteroatoms. The minimum Gasteiger partial charge on any atom is -0.493 e. The smallest absolute Gasteiger partial charge is 0.416 e. The van der Waals surface area contributed by atoms with Gasteiger partial charge in [-0.25, -0.2) is 25.3 Å². The van der Waals surface area contributed by atoms with Crippen molar-refractivity contribution >= 4 is 64.4 Å². The number of nitrogens with zero attached hydrogens (tertiary/aromatic N) is 4. The van der Waals surface area contributed by atoms with Crippen molar-refractivity contribution in [3.05, 3.63) is 124 Å². The number of ketones is 2. The maximum atomic E-state index is 14.4. The van der Waals surface area contributed by atoms with Gasteiger partial charge in [0.05, 0.1) is 86.3 Å². The number of aryl methyl sites for hydroxylation is 1. The summed E-state index contributed by atoms with van der Waals surface area (Å²) in [5.74, 6) is 2.50. The Hall–Kier alpha value is -9.04. The van der Waals surface area contributed by atoms with Crippen LogP contribution in [0.2, 0.25) is 0 Å². The predicted molar refractivity (Wildman–Crippen MR) is 368 cm³/mol. The quantitative estimate of drug-likeness (QED) is 0.0115. The second-order valence-corrected chi connectivity index (χ2v) is 26.5. The molecule has 102 heavy (non-hydrogen) atoms. The van der Waals surface area contributed by atoms with Crippen LogP contribution in [-0.4, -0.2) is 198 Å². The summed E-state index contributed by atoms with van der Waals surface area (Å²) in [7, 11) is 1.40. The Kier molecular flexibility index (Phi) is 26.6. The fraction of sp³-hybridized carbons (Fsp3) is 0.507. The highest BCUT2D eigenvalue weighted by atomic mass is 16.7. The van der Waals surface area contributed by atoms with Crippen LogP contribution in [0.1, 0.15) is 140 Å². The van der Waals surface area contributed by atoms with E-state index in [0.717, 1.165) is 16.2 Å². The summed E-state index contributed by atoms with van der Waals surface area (Å²) >= 11 is 0. The number of nitrogens with one attached hydrogen (secondary N) is 2. The molecule has 0 spiro atoms. The lowest BCUT2D eigenvalue weighted by Gasteiger charge is -2.35. The van der Waals surface area contributed by atoms with Crippen molar-refractivity contribution in [2.75, 3.05) is 75.0 Å². The number of amides is 6. The molecule has 0 saturated carbocycles. The number of hydrogen-bond acceptors (Lipinski definition) is 23. The van der Waals surface area contributed by atoms with Crippen molar-refractivity contribution in [3.8, 4) is 23.0 Å². The molecule has 0 radical (unpaired) electrons. The third-order valence-electron chi connectivity index (χ3n) is 18.3. The number of carbonyl (C=O) groups is 8. The Morgan fingerprint density at radius 2 is 1.26 bits per heavy atom. The van der Waals surface area contributed by atoms with Gasteiger partial charge in [-0.15, -0.1) is 0 Å². The molecule has 5 heterocycles. The van der Waals surface area contributed by atoms with Gasteiger partial charge in [0.15, 0.2) is 35.5 Å². The van der Waals surface area contributed by atoms with Gasteiger partial charge >= 0.3 is 12.2 Å². The molecule has 29 nitrogen and oxygen atoms in total. The van der Waals surface area contributed by atoms with E-state index in [1.807, 2.05) is 20.8 Å². The summed E-state index contributed by atoms with van der Waals surface area (Å²) in [6.45, 7) is 17.4. The predicted octanol–water partition coefficient (Wildman–Crippen LogP) is 6.29. The molecule has 5 aliphatic rings. The van der Waals surface area contributed by atoms with E-state index in [1.54, 1.807) is 44.2 Å². The Labute approximate surface area is 591 Å². The number of carbonyl (C=O) groups excluding carboxylic acids is 8. The highest BCUT2D eigenvalue weighted by molar-refractivity contribution is 6.07. The van der Waals surface area contributed by atoms with Gasteiger partial charge in [-0.1, -0.05) is 70.2 Å². The summed E-state index contributed by atoms with van der Waals surface area (Å²) in [6, 6.07) is 14.3. The van der Waals surface area contributed by atoms with Gasteiger partial charge < -0.3 is 88.7 Å². The number of fused-ring (bicyclic) bond motifs is 4. The van der Waals surface area contributed by atoms with Crippen LogP contribution in [-0.2, 0) is 51.4 Å². The first-order valence-corrected chi connectivity index (χ1v) is 34.3. The average molecular weight is 1420 g/mol. The zero-order chi connectivity index (χ0) is 73.6. The Morgan fingerprint density at radius 3 is 1.86 bits per heavy atom. The first-order valence-electron chi connectivity index (χ1n) is 34.3. The summed E-state index contributed by atoms with van der Waals surface area (Å²) in [5, 5.41) is 60.5. The van der Waals surface area contributed by atoms with E-state index in [-0.39, 0.29) is 154 Å². The van der Waals surface area contributed by atoms with E-state index >= 15 is 0 Å². The molecule has 552 valence electrons. The number of aliphatic hydroxyl groups is 5. The maximum Gasteiger partial charge on any atom is 0.416 e. The number of methoxy groups -OCH3 is 1. The zero-order valence-electron chi connectivity index (χ0n) is 58.3. The fourth-order valence-electron chi connectivity index (χ4n) is 12.7. The van der Waals surface area contributed by atoms with E-state index in [4.69, 9.17) is 43.8 Å². The number of unbranched alkanes of at least 4 members (excludes halogenated alkanes) is 2. The Morgan fingerprint density at radius 1 is 0.676 bits per heavy atom. The van der Waals surface area contributed by atoms with E-state index in [2.05, 4.69) is 28.6 Å². The van der Waals surface area contributed by atoms with Crippen molar-refractivity contribution in [3.63, 3.8) is 0 Å². The van der Waals surface area contributed by atoms with Crippen LogP contribution in [0, 0.1) is 18.8 Å². The standard InChI is InChI=1S/C73H93N7O22/c1-9-22-95-26-21-62(84)76-63(40(2)3)56(82)30-44(7)66(87)75-47-18-15-45(16-19-47)37-99-72(92)80-52-34-61(60(94-8)32-49(52)68(89)78-36-42(5)28-54(78)70(80)91)97-24-12-10-11-23-96-59-33-51-48(29-43(59)6)67(88)77-35-41(4)27-53(77)69(90)79(51)73(93)100-38-46-17-20-58(50(31-46)55(81)14-13-25-101-74)102-71-65(86)64(85)57(83)39-98-71/h15-20,29,31-34,40,44,53-54,57,63-65,69-71,83,85-86,90-91H,4-5,9-14,21-28,30,35-39,74H2,1-3,6-8H3,(H,75,87)(H,76,84)/t44-,53+,54+,57-,63+,64+,65-,69?,70?,71+/m1/s1. The van der Waals surface area contributed by atoms with Gasteiger partial charge in [0.2, 0.25) is 18.1 Å². The van der Waals surface area contributed by atoms with Crippen LogP contribution in [0.4, 0.5) is 26.7 Å². The van der Waals surface area contributed by atoms with Gasteiger partial charge in [0.25, 0.3) is 11.8 Å². The average Bonchev–Trinajstić information content (AvgIpc) is 1.60. The second-order valence-electron chi connectivity index (χ2n) is 26.5. The number of hydrogen-bond donors (Lipinski definition) is 8. The van der Waals surface area contributed by atoms with Crippen LogP contribution in [0.25, 0.3) is 0 Å². The molecule has 4 aromatic carbocycles. The molecule has 0 aliphatic carbocycles. The van der Waals surface area contributed by atoms with Crippen LogP contribution in [0.15, 0.2) is 91.0 Å². The second kappa shape index (κ2) is 35.2. The minimum absolute atomic E-state index is 0.00956. The van der Waals surface area contributed by atoms with Crippen molar-refractivity contribution in [2.45, 2.75) is 167 Å². The number of rotatable bonds is 32. The number of aliphatic hydroxyl groups excluding tert-OH is 5. The molecule has 4 aromatic rings. The van der Waals surface area contributed by atoms with Crippen LogP contribution >= 0.6 is 0 Å². The van der Waals surface area contributed by atoms with Gasteiger partial charge in [-0.3, -0.25) is 28.8 Å². The molecule has 0 bridgehead atoms. The molecule has 9 N–H and O–H groups in total. The lowest BCUT2D eigenvalue weighted by atomic mass is 9.92. The summed E-state index contributed by atoms with van der Waals surface area (Å²) in [6.07, 6.45) is -8.35. The molecule has 10 atom stereocenters. The van der Waals surface area contributed by atoms with Crippen molar-refractivity contribution in [1.82, 2.24) is 15.1 Å². The van der Waals surface area contributed by atoms with Crippen molar-refractivity contribution in [2.24, 2.45) is 17.7 Å². The Bertz CT molecular complexity index is 3740. The van der Waals surface area contributed by atoms with Crippen LogP contribution < -0.4 is 45.3 Å². The minimum atomic E-state index is -1.67. The number of Topliss-reactive ketones (excluding diaryl/α,β-unsaturated/α-hetero) is 2. The molecule has 9 rings (SSSR count).